The first kappa shape index (κ1) is 34.7. The van der Waals surface area contributed by atoms with Gasteiger partial charge in [0.25, 0.3) is 5.88 Å². The van der Waals surface area contributed by atoms with Crippen molar-refractivity contribution in [1.82, 2.24) is 15.0 Å². The summed E-state index contributed by atoms with van der Waals surface area (Å²) in [5, 5.41) is 31.1. The average Bonchev–Trinajstić information content (AvgIpc) is 3.48. The number of allylic oxidation sites excluding steroid dienone is 1. The molecule has 266 valence electrons. The van der Waals surface area contributed by atoms with Crippen LogP contribution in [-0.2, 0) is 17.5 Å². The third-order valence-electron chi connectivity index (χ3n) is 11.1. The number of anilines is 2. The Morgan fingerprint density at radius 3 is 2.39 bits per heavy atom. The molecule has 0 radical (unpaired) electrons. The fourth-order valence-electron chi connectivity index (χ4n) is 7.66. The van der Waals surface area contributed by atoms with E-state index in [0.717, 1.165) is 11.3 Å². The van der Waals surface area contributed by atoms with Gasteiger partial charge in [-0.3, -0.25) is 19.5 Å². The van der Waals surface area contributed by atoms with Gasteiger partial charge in [0.1, 0.15) is 23.7 Å². The minimum absolute atomic E-state index is 0.00877. The van der Waals surface area contributed by atoms with Crippen LogP contribution in [-0.4, -0.2) is 64.8 Å². The summed E-state index contributed by atoms with van der Waals surface area (Å²) in [7, 11) is 0.928. The van der Waals surface area contributed by atoms with Crippen molar-refractivity contribution in [3.05, 3.63) is 106 Å². The van der Waals surface area contributed by atoms with Crippen molar-refractivity contribution in [2.24, 2.45) is 11.8 Å². The second-order valence-corrected chi connectivity index (χ2v) is 20.3. The molecule has 4 atom stereocenters. The zero-order valence-electron chi connectivity index (χ0n) is 30.0. The maximum atomic E-state index is 15.3. The largest absolute Gasteiger partial charge is 0.508 e. The minimum atomic E-state index is -2.85. The summed E-state index contributed by atoms with van der Waals surface area (Å²) in [6.07, 6.45) is 4.01. The summed E-state index contributed by atoms with van der Waals surface area (Å²) >= 11 is 0. The van der Waals surface area contributed by atoms with Crippen LogP contribution in [0.1, 0.15) is 70.8 Å². The summed E-state index contributed by atoms with van der Waals surface area (Å²) in [5.74, 6) is -2.44. The lowest BCUT2D eigenvalue weighted by Crippen LogP contribution is -2.65. The first-order valence-corrected chi connectivity index (χ1v) is 20.1. The highest BCUT2D eigenvalue weighted by atomic mass is 28.4. The number of aliphatic hydroxyl groups is 1. The van der Waals surface area contributed by atoms with Gasteiger partial charge in [-0.25, -0.2) is 0 Å². The second-order valence-electron chi connectivity index (χ2n) is 15.6. The van der Waals surface area contributed by atoms with E-state index in [9.17, 15) is 15.0 Å². The molecule has 12 heteroatoms. The van der Waals surface area contributed by atoms with Crippen molar-refractivity contribution in [3.8, 4) is 11.6 Å². The molecule has 2 heterocycles. The van der Waals surface area contributed by atoms with Crippen LogP contribution in [0.4, 0.5) is 11.4 Å². The molecule has 0 saturated carbocycles. The van der Waals surface area contributed by atoms with E-state index >= 15 is 4.79 Å². The number of rotatable bonds is 8. The number of carbonyl (C=O) groups excluding carboxylic acids is 2. The summed E-state index contributed by atoms with van der Waals surface area (Å²) in [5.41, 5.74) is 1.29. The Labute approximate surface area is 298 Å². The quantitative estimate of drug-likeness (QED) is 0.156. The number of aliphatic hydroxyl groups excluding tert-OH is 1. The van der Waals surface area contributed by atoms with Crippen LogP contribution in [0.25, 0.3) is 0 Å². The number of benzene rings is 2. The van der Waals surface area contributed by atoms with Crippen molar-refractivity contribution in [1.29, 1.82) is 0 Å². The summed E-state index contributed by atoms with van der Waals surface area (Å²) in [6, 6.07) is 15.9. The van der Waals surface area contributed by atoms with E-state index in [-0.39, 0.29) is 40.0 Å². The van der Waals surface area contributed by atoms with E-state index in [1.807, 2.05) is 68.5 Å². The molecule has 3 N–H and O–H groups in total. The van der Waals surface area contributed by atoms with Gasteiger partial charge >= 0.3 is 0 Å². The molecule has 0 saturated heterocycles. The maximum Gasteiger partial charge on any atom is 0.265 e. The molecule has 0 bridgehead atoms. The van der Waals surface area contributed by atoms with E-state index < -0.39 is 49.1 Å². The molecule has 3 aliphatic carbocycles. The maximum absolute atomic E-state index is 15.3. The number of nitrogens with one attached hydrogen (secondary N) is 1. The normalized spacial score (nSPS) is 23.0. The number of ketones is 2. The first-order chi connectivity index (χ1) is 24.1. The van der Waals surface area contributed by atoms with E-state index in [0.29, 0.717) is 29.9 Å². The smallest absolute Gasteiger partial charge is 0.265 e. The van der Waals surface area contributed by atoms with Crippen LogP contribution in [0.5, 0.6) is 11.6 Å². The molecule has 0 amide bonds. The first-order valence-electron chi connectivity index (χ1n) is 17.2. The molecule has 51 heavy (non-hydrogen) atoms. The Bertz CT molecular complexity index is 2040. The number of hydrogen-bond donors (Lipinski definition) is 3. The zero-order valence-corrected chi connectivity index (χ0v) is 31.0. The van der Waals surface area contributed by atoms with Gasteiger partial charge < -0.3 is 29.2 Å². The number of aromatic hydroxyl groups is 1. The van der Waals surface area contributed by atoms with Crippen LogP contribution < -0.4 is 10.1 Å². The molecular weight excluding hydrogens is 665 g/mol. The van der Waals surface area contributed by atoms with Gasteiger partial charge in [0.15, 0.2) is 25.5 Å². The molecule has 4 aromatic rings. The Morgan fingerprint density at radius 2 is 1.73 bits per heavy atom. The molecule has 7 rings (SSSR count). The second kappa shape index (κ2) is 12.5. The SMILES string of the molecule is CN(C)[C@@H]1c2onc(OCc3ccccc3)c2C(=O)C2(O[Si](C)(C)C(C)(C)C)C(O)=C3C(=O)c4c(O)cc(Nc5ccncc5)cc4C[C@H]3C[C@@H]12. The summed E-state index contributed by atoms with van der Waals surface area (Å²) in [6.45, 7) is 10.4. The van der Waals surface area contributed by atoms with Crippen molar-refractivity contribution in [3.63, 3.8) is 0 Å². The zero-order chi connectivity index (χ0) is 36.5. The lowest BCUT2D eigenvalue weighted by atomic mass is 9.58. The van der Waals surface area contributed by atoms with Crippen molar-refractivity contribution in [2.75, 3.05) is 19.4 Å². The average molecular weight is 709 g/mol. The van der Waals surface area contributed by atoms with E-state index in [1.54, 1.807) is 24.5 Å². The fraction of sp³-hybridized carbons (Fsp3) is 0.385. The minimum Gasteiger partial charge on any atom is -0.508 e. The monoisotopic (exact) mass is 708 g/mol. The molecule has 2 aromatic carbocycles. The van der Waals surface area contributed by atoms with Crippen LogP contribution in [0.15, 0.2) is 82.8 Å². The van der Waals surface area contributed by atoms with E-state index in [2.05, 4.69) is 36.2 Å². The number of phenols is 1. The lowest BCUT2D eigenvalue weighted by Gasteiger charge is -2.55. The topological polar surface area (TPSA) is 147 Å². The fourth-order valence-corrected chi connectivity index (χ4v) is 9.11. The molecule has 0 spiro atoms. The van der Waals surface area contributed by atoms with Crippen molar-refractivity contribution in [2.45, 2.75) is 70.0 Å². The van der Waals surface area contributed by atoms with Gasteiger partial charge in [-0.1, -0.05) is 51.1 Å². The molecule has 0 fully saturated rings. The third-order valence-corrected chi connectivity index (χ3v) is 15.5. The number of aromatic nitrogens is 2. The molecule has 11 nitrogen and oxygen atoms in total. The van der Waals surface area contributed by atoms with Gasteiger partial charge in [0, 0.05) is 41.3 Å². The molecule has 0 aliphatic heterocycles. The standard InChI is InChI=1S/C39H44N4O7Si/c1-38(2,3)51(6,7)50-39-27(32(43(4)5)34-31(36(39)47)37(42-49-34)48-21-22-11-9-8-10-12-22)19-24-17-23-18-26(41-25-13-15-40-16-14-25)20-28(44)29(23)33(45)30(24)35(39)46/h8-16,18,20,24,27,32,44,46H,17,19,21H2,1-7H3,(H,40,41)/t24-,27-,32-,39?/m0/s1. The highest BCUT2D eigenvalue weighted by molar-refractivity contribution is 6.74. The third kappa shape index (κ3) is 5.65. The van der Waals surface area contributed by atoms with Gasteiger partial charge in [-0.2, -0.15) is 0 Å². The van der Waals surface area contributed by atoms with Gasteiger partial charge in [-0.15, -0.1) is 0 Å². The number of Topliss-reactive ketones (excluding diaryl/α,β-unsaturated/α-hetero) is 2. The molecule has 2 aromatic heterocycles. The number of nitrogens with zero attached hydrogens (tertiary/aromatic N) is 3. The highest BCUT2D eigenvalue weighted by Crippen LogP contribution is 2.59. The Hall–Kier alpha value is -4.78. The van der Waals surface area contributed by atoms with Crippen molar-refractivity contribution >= 4 is 31.3 Å². The van der Waals surface area contributed by atoms with Gasteiger partial charge in [-0.05, 0) is 85.5 Å². The van der Waals surface area contributed by atoms with Crippen LogP contribution in [0, 0.1) is 11.8 Å². The summed E-state index contributed by atoms with van der Waals surface area (Å²) in [4.78, 5) is 35.8. The highest BCUT2D eigenvalue weighted by Gasteiger charge is 2.67. The molecule has 1 unspecified atom stereocenters. The van der Waals surface area contributed by atoms with E-state index in [4.69, 9.17) is 13.7 Å². The number of carbonyl (C=O) groups is 2. The van der Waals surface area contributed by atoms with Crippen LogP contribution in [0.2, 0.25) is 18.1 Å². The van der Waals surface area contributed by atoms with Gasteiger partial charge in [0.05, 0.1) is 11.6 Å². The number of fused-ring (bicyclic) bond motifs is 4. The van der Waals surface area contributed by atoms with Crippen LogP contribution in [0.3, 0.4) is 0 Å². The van der Waals surface area contributed by atoms with Gasteiger partial charge in [0.2, 0.25) is 5.78 Å². The molecular formula is C39H44N4O7Si. The number of phenolic OH excluding ortho intramolecular Hbond substituents is 1. The number of ether oxygens (including phenoxy) is 1. The predicted octanol–water partition coefficient (Wildman–Crippen LogP) is 7.54. The van der Waals surface area contributed by atoms with E-state index in [1.165, 1.54) is 6.07 Å². The Balaban J connectivity index is 1.39. The number of pyridine rings is 1. The molecule has 3 aliphatic rings. The van der Waals surface area contributed by atoms with Crippen molar-refractivity contribution < 1.29 is 33.5 Å². The number of hydrogen-bond acceptors (Lipinski definition) is 11. The van der Waals surface area contributed by atoms with Crippen LogP contribution >= 0.6 is 0 Å². The Kier molecular flexibility index (Phi) is 8.47. The Morgan fingerprint density at radius 1 is 1.02 bits per heavy atom. The lowest BCUT2D eigenvalue weighted by molar-refractivity contribution is -0.0480. The predicted molar refractivity (Wildman–Crippen MR) is 194 cm³/mol. The summed E-state index contributed by atoms with van der Waals surface area (Å²) < 4.78 is 19.3.